The van der Waals surface area contributed by atoms with Crippen LogP contribution in [0.5, 0.6) is 0 Å². The number of rotatable bonds is 5. The number of anilines is 1. The van der Waals surface area contributed by atoms with Crippen LogP contribution < -0.4 is 10.2 Å². The molecular formula is C23H31Cl2N7O. The summed E-state index contributed by atoms with van der Waals surface area (Å²) in [6.45, 7) is 7.38. The molecule has 1 N–H and O–H groups in total. The normalized spacial score (nSPS) is 18.4. The Bertz CT molecular complexity index is 974. The Morgan fingerprint density at radius 2 is 1.67 bits per heavy atom. The molecule has 4 rings (SSSR count). The molecule has 2 aliphatic rings. The highest BCUT2D eigenvalue weighted by Crippen LogP contribution is 2.38. The molecule has 2 aromatic rings. The first-order valence-corrected chi connectivity index (χ1v) is 12.1. The van der Waals surface area contributed by atoms with Crippen LogP contribution in [-0.2, 0) is 0 Å². The minimum Gasteiger partial charge on any atom is -0.341 e. The number of benzene rings is 1. The summed E-state index contributed by atoms with van der Waals surface area (Å²) in [6.07, 6.45) is 5.92. The average Bonchev–Trinajstić information content (AvgIpc) is 3.36. The second-order valence-electron chi connectivity index (χ2n) is 8.75. The summed E-state index contributed by atoms with van der Waals surface area (Å²) in [5.74, 6) is 0.746. The number of amides is 2. The lowest BCUT2D eigenvalue weighted by molar-refractivity contribution is -0.00165. The second-order valence-corrected chi connectivity index (χ2v) is 9.50. The minimum absolute atomic E-state index is 0.172. The van der Waals surface area contributed by atoms with Crippen LogP contribution in [0.15, 0.2) is 24.5 Å². The van der Waals surface area contributed by atoms with Crippen LogP contribution in [-0.4, -0.2) is 84.3 Å². The highest BCUT2D eigenvalue weighted by Gasteiger charge is 2.24. The monoisotopic (exact) mass is 491 g/mol. The van der Waals surface area contributed by atoms with Crippen molar-refractivity contribution in [3.63, 3.8) is 0 Å². The Balaban J connectivity index is 1.44. The number of hydrazine groups is 1. The van der Waals surface area contributed by atoms with Gasteiger partial charge >= 0.3 is 6.03 Å². The average molecular weight is 492 g/mol. The molecule has 1 aromatic carbocycles. The van der Waals surface area contributed by atoms with Crippen LogP contribution in [0.2, 0.25) is 10.0 Å². The molecule has 1 atom stereocenters. The first kappa shape index (κ1) is 24.0. The zero-order chi connectivity index (χ0) is 23.5. The van der Waals surface area contributed by atoms with Gasteiger partial charge in [0.05, 0.1) is 16.1 Å². The van der Waals surface area contributed by atoms with E-state index in [0.717, 1.165) is 61.9 Å². The maximum atomic E-state index is 12.8. The number of carbonyl (C=O) groups excluding carboxylic acids is 1. The topological polar surface area (TPSA) is 67.8 Å². The van der Waals surface area contributed by atoms with E-state index in [9.17, 15) is 4.79 Å². The zero-order valence-electron chi connectivity index (χ0n) is 19.4. The number of likely N-dealkylation sites (N-methyl/N-ethyl adjacent to an activating group) is 1. The molecule has 2 aliphatic heterocycles. The fourth-order valence-corrected chi connectivity index (χ4v) is 4.85. The molecule has 2 saturated heterocycles. The van der Waals surface area contributed by atoms with Crippen LogP contribution >= 0.6 is 23.2 Å². The molecule has 1 unspecified atom stereocenters. The fourth-order valence-electron chi connectivity index (χ4n) is 4.24. The Labute approximate surface area is 205 Å². The number of aromatic nitrogens is 2. The molecule has 0 aliphatic carbocycles. The third-order valence-electron chi connectivity index (χ3n) is 6.45. The number of nitrogens with zero attached hydrogens (tertiary/aromatic N) is 6. The van der Waals surface area contributed by atoms with Gasteiger partial charge in [0.25, 0.3) is 0 Å². The van der Waals surface area contributed by atoms with E-state index in [2.05, 4.69) is 32.1 Å². The van der Waals surface area contributed by atoms with Gasteiger partial charge in [-0.25, -0.2) is 19.8 Å². The smallest absolute Gasteiger partial charge is 0.332 e. The molecule has 0 saturated carbocycles. The maximum Gasteiger partial charge on any atom is 0.332 e. The highest BCUT2D eigenvalue weighted by molar-refractivity contribution is 6.44. The van der Waals surface area contributed by atoms with Crippen molar-refractivity contribution in [3.8, 4) is 11.1 Å². The molecule has 10 heteroatoms. The number of hydrogen-bond acceptors (Lipinski definition) is 6. The van der Waals surface area contributed by atoms with Crippen LogP contribution in [0.4, 0.5) is 10.7 Å². The maximum absolute atomic E-state index is 12.8. The van der Waals surface area contributed by atoms with Crippen LogP contribution in [0.3, 0.4) is 0 Å². The van der Waals surface area contributed by atoms with E-state index in [0.29, 0.717) is 10.0 Å². The first-order chi connectivity index (χ1) is 15.8. The molecule has 1 aromatic heterocycles. The molecule has 0 spiro atoms. The van der Waals surface area contributed by atoms with Gasteiger partial charge < -0.3 is 15.1 Å². The summed E-state index contributed by atoms with van der Waals surface area (Å²) in [6, 6.07) is 3.33. The van der Waals surface area contributed by atoms with E-state index in [1.807, 2.05) is 24.1 Å². The summed E-state index contributed by atoms with van der Waals surface area (Å²) >= 11 is 13.3. The molecule has 8 nitrogen and oxygen atoms in total. The van der Waals surface area contributed by atoms with E-state index in [1.165, 1.54) is 12.8 Å². The summed E-state index contributed by atoms with van der Waals surface area (Å²) in [5.41, 5.74) is 2.34. The van der Waals surface area contributed by atoms with E-state index in [-0.39, 0.29) is 12.1 Å². The zero-order valence-corrected chi connectivity index (χ0v) is 20.9. The lowest BCUT2D eigenvalue weighted by Crippen LogP contribution is -2.55. The molecule has 178 valence electrons. The standard InChI is InChI=1S/C23H31Cl2N7O/c1-16(28-23(33)30(3)32-12-10-29(2)11-13-32)18-6-7-19(21(25)20(18)24)17-14-26-22(27-15-17)31-8-4-5-9-31/h6-7,14-16H,4-5,8-13H2,1-3H3,(H,28,33). The van der Waals surface area contributed by atoms with Gasteiger partial charge in [-0.1, -0.05) is 35.3 Å². The number of hydrogen-bond donors (Lipinski definition) is 1. The Morgan fingerprint density at radius 1 is 1.03 bits per heavy atom. The lowest BCUT2D eigenvalue weighted by Gasteiger charge is -2.38. The molecule has 3 heterocycles. The van der Waals surface area contributed by atoms with E-state index in [1.54, 1.807) is 24.5 Å². The Morgan fingerprint density at radius 3 is 2.30 bits per heavy atom. The predicted octanol–water partition coefficient (Wildman–Crippen LogP) is 3.92. The molecule has 0 bridgehead atoms. The Hall–Kier alpha value is -2.13. The third kappa shape index (κ3) is 5.35. The van der Waals surface area contributed by atoms with Crippen molar-refractivity contribution >= 4 is 35.2 Å². The third-order valence-corrected chi connectivity index (χ3v) is 7.35. The number of nitrogens with one attached hydrogen (secondary N) is 1. The van der Waals surface area contributed by atoms with E-state index in [4.69, 9.17) is 23.2 Å². The predicted molar refractivity (Wildman–Crippen MR) is 133 cm³/mol. The quantitative estimate of drug-likeness (QED) is 0.683. The highest BCUT2D eigenvalue weighted by atomic mass is 35.5. The molecule has 33 heavy (non-hydrogen) atoms. The molecule has 2 fully saturated rings. The molecular weight excluding hydrogens is 461 g/mol. The number of piperazine rings is 1. The summed E-state index contributed by atoms with van der Waals surface area (Å²) in [5, 5.41) is 7.58. The van der Waals surface area contributed by atoms with Crippen LogP contribution in [0.1, 0.15) is 31.4 Å². The van der Waals surface area contributed by atoms with Gasteiger partial charge in [0.15, 0.2) is 0 Å². The van der Waals surface area contributed by atoms with Crippen molar-refractivity contribution in [2.75, 3.05) is 58.3 Å². The second kappa shape index (κ2) is 10.4. The van der Waals surface area contributed by atoms with Crippen LogP contribution in [0.25, 0.3) is 11.1 Å². The van der Waals surface area contributed by atoms with Crippen molar-refractivity contribution in [2.24, 2.45) is 0 Å². The van der Waals surface area contributed by atoms with Gasteiger partial charge in [-0.05, 0) is 32.4 Å². The minimum atomic E-state index is -0.305. The SMILES string of the molecule is CC(NC(=O)N(C)N1CCN(C)CC1)c1ccc(-c2cnc(N3CCCC3)nc2)c(Cl)c1Cl. The van der Waals surface area contributed by atoms with Crippen molar-refractivity contribution in [2.45, 2.75) is 25.8 Å². The van der Waals surface area contributed by atoms with Gasteiger partial charge in [0, 0.05) is 69.8 Å². The Kier molecular flexibility index (Phi) is 7.58. The van der Waals surface area contributed by atoms with Crippen LogP contribution in [0, 0.1) is 0 Å². The molecule has 2 amide bonds. The van der Waals surface area contributed by atoms with Gasteiger partial charge in [-0.15, -0.1) is 0 Å². The van der Waals surface area contributed by atoms with Gasteiger partial charge in [-0.2, -0.15) is 0 Å². The van der Waals surface area contributed by atoms with Gasteiger partial charge in [0.1, 0.15) is 0 Å². The van der Waals surface area contributed by atoms with Crippen molar-refractivity contribution in [3.05, 3.63) is 40.1 Å². The van der Waals surface area contributed by atoms with Crippen molar-refractivity contribution < 1.29 is 4.79 Å². The summed E-state index contributed by atoms with van der Waals surface area (Å²) < 4.78 is 0. The number of halogens is 2. The van der Waals surface area contributed by atoms with Gasteiger partial charge in [0.2, 0.25) is 5.95 Å². The molecule has 0 radical (unpaired) electrons. The summed E-state index contributed by atoms with van der Waals surface area (Å²) in [7, 11) is 3.87. The largest absolute Gasteiger partial charge is 0.341 e. The fraction of sp³-hybridized carbons (Fsp3) is 0.522. The van der Waals surface area contributed by atoms with Crippen molar-refractivity contribution in [1.82, 2.24) is 30.2 Å². The van der Waals surface area contributed by atoms with Crippen molar-refractivity contribution in [1.29, 1.82) is 0 Å². The number of urea groups is 1. The lowest BCUT2D eigenvalue weighted by atomic mass is 10.0. The van der Waals surface area contributed by atoms with E-state index >= 15 is 0 Å². The van der Waals surface area contributed by atoms with E-state index < -0.39 is 0 Å². The number of carbonyl (C=O) groups is 1. The summed E-state index contributed by atoms with van der Waals surface area (Å²) in [4.78, 5) is 26.3. The first-order valence-electron chi connectivity index (χ1n) is 11.4. The van der Waals surface area contributed by atoms with Gasteiger partial charge in [-0.3, -0.25) is 5.01 Å².